The van der Waals surface area contributed by atoms with Gasteiger partial charge in [0.1, 0.15) is 26.2 Å². The van der Waals surface area contributed by atoms with E-state index in [9.17, 15) is 0 Å². The molecule has 0 aliphatic rings. The maximum Gasteiger partial charge on any atom is 0.312 e. The predicted octanol–water partition coefficient (Wildman–Crippen LogP) is 3.11. The number of nitrogens with zero attached hydrogens (tertiary/aromatic N) is 2. The van der Waals surface area contributed by atoms with Gasteiger partial charge in [0.15, 0.2) is 6.54 Å². The number of hydrogen-bond donors (Lipinski definition) is 1. The van der Waals surface area contributed by atoms with Crippen LogP contribution >= 0.6 is 24.8 Å². The number of hydrogen-bond acceptors (Lipinski definition) is 2. The average molecular weight is 290 g/mol. The SMILES string of the molecule is C=CCO[N+](CC=C)(C(=S)S)[N+](CC)(CC)CC. The summed E-state index contributed by atoms with van der Waals surface area (Å²) in [5, 5.41) is 0. The molecule has 18 heavy (non-hydrogen) atoms. The van der Waals surface area contributed by atoms with Crippen molar-refractivity contribution in [2.24, 2.45) is 0 Å². The molecule has 0 aliphatic carbocycles. The van der Waals surface area contributed by atoms with Crippen molar-refractivity contribution in [3.8, 4) is 0 Å². The molecule has 0 aliphatic heterocycles. The minimum atomic E-state index is 0.192. The molecular formula is C13H26N2OS2+2. The second-order valence-electron chi connectivity index (χ2n) is 4.08. The first kappa shape index (κ1) is 17.8. The van der Waals surface area contributed by atoms with Gasteiger partial charge >= 0.3 is 4.32 Å². The van der Waals surface area contributed by atoms with Crippen molar-refractivity contribution < 1.29 is 14.2 Å². The molecule has 0 fully saturated rings. The lowest BCUT2D eigenvalue weighted by atomic mass is 10.4. The molecule has 0 bridgehead atoms. The molecular weight excluding hydrogens is 264 g/mol. The van der Waals surface area contributed by atoms with Crippen LogP contribution in [0.5, 0.6) is 0 Å². The summed E-state index contributed by atoms with van der Waals surface area (Å²) in [5.74, 6) is 0. The molecule has 1 unspecified atom stereocenters. The highest BCUT2D eigenvalue weighted by Crippen LogP contribution is 2.27. The van der Waals surface area contributed by atoms with Crippen LogP contribution in [0.4, 0.5) is 0 Å². The van der Waals surface area contributed by atoms with Crippen molar-refractivity contribution in [2.75, 3.05) is 32.8 Å². The summed E-state index contributed by atoms with van der Waals surface area (Å²) < 4.78 is 1.42. The van der Waals surface area contributed by atoms with Crippen molar-refractivity contribution in [3.05, 3.63) is 25.3 Å². The lowest BCUT2D eigenvalue weighted by Gasteiger charge is -2.47. The van der Waals surface area contributed by atoms with E-state index in [1.165, 1.54) is 0 Å². The van der Waals surface area contributed by atoms with E-state index in [2.05, 4.69) is 46.6 Å². The van der Waals surface area contributed by atoms with E-state index in [1.54, 1.807) is 6.08 Å². The maximum absolute atomic E-state index is 6.02. The summed E-state index contributed by atoms with van der Waals surface area (Å²) in [6.45, 7) is 17.8. The van der Waals surface area contributed by atoms with Crippen molar-refractivity contribution in [2.45, 2.75) is 20.8 Å². The lowest BCUT2D eigenvalue weighted by Crippen LogP contribution is -2.73. The normalized spacial score (nSPS) is 14.9. The van der Waals surface area contributed by atoms with Crippen LogP contribution in [-0.4, -0.2) is 46.5 Å². The van der Waals surface area contributed by atoms with Crippen molar-refractivity contribution in [1.29, 1.82) is 0 Å². The number of rotatable bonds is 9. The van der Waals surface area contributed by atoms with Crippen molar-refractivity contribution in [3.63, 3.8) is 0 Å². The van der Waals surface area contributed by atoms with E-state index >= 15 is 0 Å². The first-order valence-corrected chi connectivity index (χ1v) is 7.20. The third kappa shape index (κ3) is 3.22. The highest BCUT2D eigenvalue weighted by molar-refractivity contribution is 8.10. The van der Waals surface area contributed by atoms with Crippen LogP contribution in [0.15, 0.2) is 25.3 Å². The van der Waals surface area contributed by atoms with Gasteiger partial charge < -0.3 is 0 Å². The molecule has 0 amide bonds. The summed E-state index contributed by atoms with van der Waals surface area (Å²) in [4.78, 5) is 6.02. The fraction of sp³-hybridized carbons (Fsp3) is 0.615. The fourth-order valence-electron chi connectivity index (χ4n) is 2.37. The van der Waals surface area contributed by atoms with Crippen LogP contribution in [-0.2, 0) is 4.84 Å². The molecule has 0 aromatic heterocycles. The third-order valence-corrected chi connectivity index (χ3v) is 4.13. The molecule has 0 saturated heterocycles. The summed E-state index contributed by atoms with van der Waals surface area (Å²) in [6.07, 6.45) is 3.57. The third-order valence-electron chi connectivity index (χ3n) is 3.53. The smallest absolute Gasteiger partial charge is 0.140 e. The standard InChI is InChI=1S/C13H25N2OS2/c1-6-11-15(13(17)18,16-12-7-2)14(8-3,9-4)10-5/h6-7H,1-2,8-12H2,3-5H3/q+1/p+1. The van der Waals surface area contributed by atoms with Gasteiger partial charge in [0.2, 0.25) is 0 Å². The largest absolute Gasteiger partial charge is 0.312 e. The van der Waals surface area contributed by atoms with E-state index in [0.717, 1.165) is 19.6 Å². The van der Waals surface area contributed by atoms with Gasteiger partial charge in [-0.05, 0) is 39.1 Å². The van der Waals surface area contributed by atoms with Gasteiger partial charge in [-0.15, -0.1) is 16.0 Å². The number of thiol groups is 1. The topological polar surface area (TPSA) is 9.23 Å². The zero-order chi connectivity index (χ0) is 14.2. The molecule has 1 atom stereocenters. The maximum atomic E-state index is 6.02. The van der Waals surface area contributed by atoms with Crippen molar-refractivity contribution in [1.82, 2.24) is 0 Å². The Morgan fingerprint density at radius 1 is 1.17 bits per heavy atom. The highest BCUT2D eigenvalue weighted by atomic mass is 32.1. The van der Waals surface area contributed by atoms with E-state index in [0.29, 0.717) is 22.1 Å². The van der Waals surface area contributed by atoms with Crippen molar-refractivity contribution >= 4 is 29.2 Å². The molecule has 104 valence electrons. The Balaban J connectivity index is 5.69. The van der Waals surface area contributed by atoms with E-state index in [-0.39, 0.29) is 4.76 Å². The molecule has 0 radical (unpaired) electrons. The van der Waals surface area contributed by atoms with Gasteiger partial charge in [0.25, 0.3) is 0 Å². The molecule has 0 N–H and O–H groups in total. The first-order valence-electron chi connectivity index (χ1n) is 6.34. The van der Waals surface area contributed by atoms with Gasteiger partial charge in [-0.25, -0.2) is 0 Å². The van der Waals surface area contributed by atoms with E-state index in [4.69, 9.17) is 17.1 Å². The Hall–Kier alpha value is -0.200. The Labute approximate surface area is 122 Å². The second kappa shape index (κ2) is 8.07. The minimum absolute atomic E-state index is 0.192. The fourth-order valence-corrected chi connectivity index (χ4v) is 3.00. The number of hydroxylamine groups is 2. The summed E-state index contributed by atoms with van der Waals surface area (Å²) in [5.41, 5.74) is 0. The Kier molecular flexibility index (Phi) is 7.98. The molecule has 3 nitrogen and oxygen atoms in total. The molecule has 0 aromatic rings. The lowest BCUT2D eigenvalue weighted by molar-refractivity contribution is -1.52. The monoisotopic (exact) mass is 290 g/mol. The Morgan fingerprint density at radius 3 is 1.94 bits per heavy atom. The molecule has 0 rings (SSSR count). The summed E-state index contributed by atoms with van der Waals surface area (Å²) in [7, 11) is 0. The van der Waals surface area contributed by atoms with Crippen LogP contribution < -0.4 is 0 Å². The zero-order valence-electron chi connectivity index (χ0n) is 11.8. The summed E-state index contributed by atoms with van der Waals surface area (Å²) in [6, 6.07) is 0. The molecule has 0 spiro atoms. The molecule has 5 heteroatoms. The van der Waals surface area contributed by atoms with E-state index in [1.807, 2.05) is 6.08 Å². The van der Waals surface area contributed by atoms with Crippen LogP contribution in [0, 0.1) is 0 Å². The molecule has 0 saturated carbocycles. The highest BCUT2D eigenvalue weighted by Gasteiger charge is 2.52. The van der Waals surface area contributed by atoms with Gasteiger partial charge in [-0.2, -0.15) is 0 Å². The number of thiocarbonyl (C=S) groups is 1. The first-order chi connectivity index (χ1) is 8.50. The molecule has 0 aromatic carbocycles. The van der Waals surface area contributed by atoms with Gasteiger partial charge in [-0.3, -0.25) is 0 Å². The Morgan fingerprint density at radius 2 is 1.67 bits per heavy atom. The Bertz CT molecular complexity index is 295. The second-order valence-corrected chi connectivity index (χ2v) is 5.20. The van der Waals surface area contributed by atoms with Gasteiger partial charge in [-0.1, -0.05) is 25.3 Å². The predicted molar refractivity (Wildman–Crippen MR) is 84.9 cm³/mol. The quantitative estimate of drug-likeness (QED) is 0.230. The average Bonchev–Trinajstić information content (AvgIpc) is 2.37. The van der Waals surface area contributed by atoms with Crippen LogP contribution in [0.2, 0.25) is 0 Å². The molecule has 0 heterocycles. The van der Waals surface area contributed by atoms with Crippen LogP contribution in [0.1, 0.15) is 20.8 Å². The number of quaternary nitrogens is 2. The zero-order valence-corrected chi connectivity index (χ0v) is 13.5. The van der Waals surface area contributed by atoms with Gasteiger partial charge in [0, 0.05) is 4.76 Å². The van der Waals surface area contributed by atoms with Crippen LogP contribution in [0.3, 0.4) is 0 Å². The van der Waals surface area contributed by atoms with Gasteiger partial charge in [0.05, 0.1) is 0 Å². The van der Waals surface area contributed by atoms with Crippen LogP contribution in [0.25, 0.3) is 0 Å². The summed E-state index contributed by atoms with van der Waals surface area (Å²) >= 11 is 9.79. The van der Waals surface area contributed by atoms with E-state index < -0.39 is 0 Å². The minimum Gasteiger partial charge on any atom is -0.140 e.